The summed E-state index contributed by atoms with van der Waals surface area (Å²) in [5.74, 6) is 4.11. The number of methoxy groups -OCH3 is 1. The number of ether oxygens (including phenoxy) is 1. The first-order valence-electron chi connectivity index (χ1n) is 8.29. The van der Waals surface area contributed by atoms with Crippen molar-refractivity contribution < 1.29 is 4.74 Å². The molecule has 0 unspecified atom stereocenters. The van der Waals surface area contributed by atoms with Gasteiger partial charge in [0.1, 0.15) is 12.4 Å². The van der Waals surface area contributed by atoms with Crippen molar-refractivity contribution in [3.63, 3.8) is 0 Å². The van der Waals surface area contributed by atoms with Crippen molar-refractivity contribution in [1.29, 1.82) is 5.26 Å². The van der Waals surface area contributed by atoms with Crippen LogP contribution in [0.1, 0.15) is 36.0 Å². The fourth-order valence-corrected chi connectivity index (χ4v) is 3.63. The zero-order chi connectivity index (χ0) is 16.5. The van der Waals surface area contributed by atoms with Gasteiger partial charge in [0.05, 0.1) is 11.6 Å². The lowest BCUT2D eigenvalue weighted by Gasteiger charge is -2.17. The smallest absolute Gasteiger partial charge is 0.156 e. The Morgan fingerprint density at radius 1 is 1.42 bits per heavy atom. The van der Waals surface area contributed by atoms with E-state index in [9.17, 15) is 0 Å². The largest absolute Gasteiger partial charge is 0.377 e. The van der Waals surface area contributed by atoms with Crippen molar-refractivity contribution in [3.05, 3.63) is 35.5 Å². The summed E-state index contributed by atoms with van der Waals surface area (Å²) in [4.78, 5) is 11.3. The van der Waals surface area contributed by atoms with Gasteiger partial charge in [-0.15, -0.1) is 0 Å². The van der Waals surface area contributed by atoms with Crippen LogP contribution in [-0.2, 0) is 11.3 Å². The monoisotopic (exact) mass is 324 g/mol. The number of aromatic amines is 1. The lowest BCUT2D eigenvalue weighted by atomic mass is 9.91. The molecule has 0 amide bonds. The van der Waals surface area contributed by atoms with Crippen LogP contribution in [0.5, 0.6) is 0 Å². The van der Waals surface area contributed by atoms with E-state index >= 15 is 0 Å². The Morgan fingerprint density at radius 3 is 3.04 bits per heavy atom. The summed E-state index contributed by atoms with van der Waals surface area (Å²) in [6.45, 7) is 2.24. The van der Waals surface area contributed by atoms with E-state index in [1.165, 1.54) is 12.8 Å². The minimum atomic E-state index is 0.298. The molecule has 4 rings (SSSR count). The standard InChI is InChI=1S/C17H20N6O/c1-24-10-15-20-17(22-21-15)14-9-23(8-13(14)12-2-3-12)16-6-11(7-18)4-5-19-16/h4-6,12-14H,2-3,8-10H2,1H3,(H,20,21,22)/t13-,14+/m1/s1. The Morgan fingerprint density at radius 2 is 2.29 bits per heavy atom. The van der Waals surface area contributed by atoms with Crippen molar-refractivity contribution in [1.82, 2.24) is 20.2 Å². The van der Waals surface area contributed by atoms with E-state index in [0.717, 1.165) is 36.5 Å². The molecule has 1 saturated carbocycles. The number of rotatable bonds is 5. The summed E-state index contributed by atoms with van der Waals surface area (Å²) < 4.78 is 5.12. The van der Waals surface area contributed by atoms with Crippen molar-refractivity contribution in [2.24, 2.45) is 11.8 Å². The Labute approximate surface area is 140 Å². The van der Waals surface area contributed by atoms with Gasteiger partial charge in [-0.25, -0.2) is 9.97 Å². The highest BCUT2D eigenvalue weighted by Crippen LogP contribution is 2.47. The predicted octanol–water partition coefficient (Wildman–Crippen LogP) is 1.85. The van der Waals surface area contributed by atoms with Crippen LogP contribution in [-0.4, -0.2) is 40.4 Å². The summed E-state index contributed by atoms with van der Waals surface area (Å²) in [5, 5.41) is 16.5. The second-order valence-corrected chi connectivity index (χ2v) is 6.60. The van der Waals surface area contributed by atoms with Gasteiger partial charge >= 0.3 is 0 Å². The van der Waals surface area contributed by atoms with Crippen molar-refractivity contribution in [2.75, 3.05) is 25.1 Å². The average Bonchev–Trinajstić information content (AvgIpc) is 3.19. The maximum atomic E-state index is 9.11. The molecule has 0 aromatic carbocycles. The van der Waals surface area contributed by atoms with E-state index in [1.807, 2.05) is 6.07 Å². The van der Waals surface area contributed by atoms with Crippen LogP contribution < -0.4 is 4.90 Å². The highest BCUT2D eigenvalue weighted by atomic mass is 16.5. The van der Waals surface area contributed by atoms with Crippen molar-refractivity contribution in [2.45, 2.75) is 25.4 Å². The Balaban J connectivity index is 1.58. The number of H-pyrrole nitrogens is 1. The lowest BCUT2D eigenvalue weighted by Crippen LogP contribution is -2.21. The number of anilines is 1. The Hall–Kier alpha value is -2.46. The highest BCUT2D eigenvalue weighted by molar-refractivity contribution is 5.46. The van der Waals surface area contributed by atoms with Gasteiger partial charge in [-0.3, -0.25) is 5.10 Å². The van der Waals surface area contributed by atoms with Crippen molar-refractivity contribution >= 4 is 5.82 Å². The molecule has 1 saturated heterocycles. The molecule has 1 aliphatic heterocycles. The summed E-state index contributed by atoms with van der Waals surface area (Å²) in [6, 6.07) is 5.79. The summed E-state index contributed by atoms with van der Waals surface area (Å²) >= 11 is 0. The molecular weight excluding hydrogens is 304 g/mol. The maximum absolute atomic E-state index is 9.11. The normalized spacial score (nSPS) is 23.4. The molecule has 1 aliphatic carbocycles. The minimum absolute atomic E-state index is 0.298. The zero-order valence-corrected chi connectivity index (χ0v) is 13.6. The van der Waals surface area contributed by atoms with Gasteiger partial charge in [-0.05, 0) is 36.8 Å². The molecule has 0 bridgehead atoms. The number of hydrogen-bond donors (Lipinski definition) is 1. The van der Waals surface area contributed by atoms with Gasteiger partial charge in [0.15, 0.2) is 11.6 Å². The van der Waals surface area contributed by atoms with Gasteiger partial charge in [0.25, 0.3) is 0 Å². The average molecular weight is 324 g/mol. The molecule has 3 heterocycles. The minimum Gasteiger partial charge on any atom is -0.377 e. The molecule has 124 valence electrons. The van der Waals surface area contributed by atoms with Crippen LogP contribution in [0.2, 0.25) is 0 Å². The quantitative estimate of drug-likeness (QED) is 0.902. The molecule has 7 nitrogen and oxygen atoms in total. The first-order valence-corrected chi connectivity index (χ1v) is 8.29. The molecule has 0 radical (unpaired) electrons. The fraction of sp³-hybridized carbons (Fsp3) is 0.529. The van der Waals surface area contributed by atoms with Gasteiger partial charge in [0.2, 0.25) is 0 Å². The third-order valence-corrected chi connectivity index (χ3v) is 4.95. The molecule has 2 aromatic heterocycles. The maximum Gasteiger partial charge on any atom is 0.156 e. The first-order chi connectivity index (χ1) is 11.8. The van der Waals surface area contributed by atoms with E-state index in [4.69, 9.17) is 10.00 Å². The van der Waals surface area contributed by atoms with Crippen LogP contribution in [0.3, 0.4) is 0 Å². The number of nitriles is 1. The molecule has 2 aliphatic rings. The van der Waals surface area contributed by atoms with Gasteiger partial charge in [-0.1, -0.05) is 0 Å². The Kier molecular flexibility index (Phi) is 3.90. The van der Waals surface area contributed by atoms with Crippen LogP contribution in [0.15, 0.2) is 18.3 Å². The summed E-state index contributed by atoms with van der Waals surface area (Å²) in [7, 11) is 1.65. The van der Waals surface area contributed by atoms with E-state index in [0.29, 0.717) is 24.0 Å². The highest BCUT2D eigenvalue weighted by Gasteiger charge is 2.45. The molecule has 2 fully saturated rings. The van der Waals surface area contributed by atoms with E-state index in [-0.39, 0.29) is 0 Å². The van der Waals surface area contributed by atoms with Crippen LogP contribution in [0.25, 0.3) is 0 Å². The molecule has 2 aromatic rings. The third-order valence-electron chi connectivity index (χ3n) is 4.95. The number of nitrogens with zero attached hydrogens (tertiary/aromatic N) is 5. The molecule has 7 heteroatoms. The predicted molar refractivity (Wildman–Crippen MR) is 87.2 cm³/mol. The summed E-state index contributed by atoms with van der Waals surface area (Å²) in [5.41, 5.74) is 0.645. The van der Waals surface area contributed by atoms with Gasteiger partial charge in [0, 0.05) is 32.3 Å². The summed E-state index contributed by atoms with van der Waals surface area (Å²) in [6.07, 6.45) is 4.28. The van der Waals surface area contributed by atoms with Crippen LogP contribution >= 0.6 is 0 Å². The molecular formula is C17H20N6O. The number of hydrogen-bond acceptors (Lipinski definition) is 6. The fourth-order valence-electron chi connectivity index (χ4n) is 3.63. The molecule has 0 spiro atoms. The van der Waals surface area contributed by atoms with E-state index < -0.39 is 0 Å². The molecule has 2 atom stereocenters. The second kappa shape index (κ2) is 6.21. The van der Waals surface area contributed by atoms with Crippen molar-refractivity contribution in [3.8, 4) is 6.07 Å². The third kappa shape index (κ3) is 2.85. The number of pyridine rings is 1. The van der Waals surface area contributed by atoms with Gasteiger partial charge < -0.3 is 9.64 Å². The van der Waals surface area contributed by atoms with E-state index in [2.05, 4.69) is 31.1 Å². The SMILES string of the molecule is COCc1nc([C@H]2CN(c3cc(C#N)ccn3)C[C@@H]2C2CC2)n[nH]1. The second-order valence-electron chi connectivity index (χ2n) is 6.60. The zero-order valence-electron chi connectivity index (χ0n) is 13.6. The van der Waals surface area contributed by atoms with Crippen LogP contribution in [0, 0.1) is 23.2 Å². The Bertz CT molecular complexity index is 762. The van der Waals surface area contributed by atoms with E-state index in [1.54, 1.807) is 19.4 Å². The van der Waals surface area contributed by atoms with Crippen LogP contribution in [0.4, 0.5) is 5.82 Å². The molecule has 24 heavy (non-hydrogen) atoms. The molecule has 1 N–H and O–H groups in total. The topological polar surface area (TPSA) is 90.7 Å². The first kappa shape index (κ1) is 15.1. The van der Waals surface area contributed by atoms with Gasteiger partial charge in [-0.2, -0.15) is 10.4 Å². The lowest BCUT2D eigenvalue weighted by molar-refractivity contribution is 0.178. The number of nitrogens with one attached hydrogen (secondary N) is 1. The number of aromatic nitrogens is 4.